The van der Waals surface area contributed by atoms with Crippen molar-refractivity contribution in [1.29, 1.82) is 0 Å². The summed E-state index contributed by atoms with van der Waals surface area (Å²) < 4.78 is 18.0. The predicted molar refractivity (Wildman–Crippen MR) is 126 cm³/mol. The SMILES string of the molecule is Cc1c(-c2ccccc2)oc2c(C(=O)N(C)C[C@@H]3COc4ccccc4O3)cccc2c1=O. The summed E-state index contributed by atoms with van der Waals surface area (Å²) in [6.45, 7) is 2.41. The summed E-state index contributed by atoms with van der Waals surface area (Å²) in [5.41, 5.74) is 1.78. The van der Waals surface area contributed by atoms with Gasteiger partial charge in [-0.2, -0.15) is 0 Å². The van der Waals surface area contributed by atoms with Crippen molar-refractivity contribution in [3.8, 4) is 22.8 Å². The normalized spacial score (nSPS) is 14.8. The van der Waals surface area contributed by atoms with Crippen LogP contribution in [-0.2, 0) is 0 Å². The van der Waals surface area contributed by atoms with Crippen molar-refractivity contribution >= 4 is 16.9 Å². The van der Waals surface area contributed by atoms with Crippen LogP contribution < -0.4 is 14.9 Å². The van der Waals surface area contributed by atoms with Crippen molar-refractivity contribution in [2.45, 2.75) is 13.0 Å². The van der Waals surface area contributed by atoms with E-state index in [4.69, 9.17) is 13.9 Å². The molecule has 33 heavy (non-hydrogen) atoms. The number of hydrogen-bond acceptors (Lipinski definition) is 5. The molecular formula is C27H23NO5. The highest BCUT2D eigenvalue weighted by atomic mass is 16.6. The fourth-order valence-corrected chi connectivity index (χ4v) is 4.09. The van der Waals surface area contributed by atoms with Gasteiger partial charge >= 0.3 is 0 Å². The largest absolute Gasteiger partial charge is 0.486 e. The van der Waals surface area contributed by atoms with Gasteiger partial charge in [-0.3, -0.25) is 9.59 Å². The molecule has 0 unspecified atom stereocenters. The number of hydrogen-bond donors (Lipinski definition) is 0. The lowest BCUT2D eigenvalue weighted by Crippen LogP contribution is -2.41. The van der Waals surface area contributed by atoms with Gasteiger partial charge in [0.05, 0.1) is 17.5 Å². The molecule has 3 aromatic carbocycles. The predicted octanol–water partition coefficient (Wildman–Crippen LogP) is 4.68. The molecule has 1 amide bonds. The van der Waals surface area contributed by atoms with E-state index in [-0.39, 0.29) is 23.0 Å². The number of ether oxygens (including phenoxy) is 2. The number of rotatable bonds is 4. The Hall–Kier alpha value is -4.06. The Labute approximate surface area is 191 Å². The van der Waals surface area contributed by atoms with Crippen molar-refractivity contribution in [3.63, 3.8) is 0 Å². The van der Waals surface area contributed by atoms with Gasteiger partial charge in [-0.15, -0.1) is 0 Å². The molecule has 0 fully saturated rings. The Kier molecular flexibility index (Phi) is 5.34. The van der Waals surface area contributed by atoms with E-state index < -0.39 is 0 Å². The number of carbonyl (C=O) groups is 1. The van der Waals surface area contributed by atoms with E-state index in [1.165, 1.54) is 0 Å². The fraction of sp³-hybridized carbons (Fsp3) is 0.185. The molecule has 2 heterocycles. The first-order valence-electron chi connectivity index (χ1n) is 10.8. The molecule has 4 aromatic rings. The standard InChI is InChI=1S/C27H23NO5/c1-17-24(29)20-11-8-12-21(26(20)33-25(17)18-9-4-3-5-10-18)27(30)28(2)15-19-16-31-22-13-6-7-14-23(22)32-19/h3-14,19H,15-16H2,1-2H3/t19-/m1/s1. The van der Waals surface area contributed by atoms with Crippen LogP contribution in [-0.4, -0.2) is 37.1 Å². The molecule has 1 aromatic heterocycles. The van der Waals surface area contributed by atoms with E-state index in [0.29, 0.717) is 46.9 Å². The minimum Gasteiger partial charge on any atom is -0.486 e. The van der Waals surface area contributed by atoms with Gasteiger partial charge in [0.2, 0.25) is 0 Å². The van der Waals surface area contributed by atoms with Crippen LogP contribution in [0.5, 0.6) is 11.5 Å². The van der Waals surface area contributed by atoms with Crippen LogP contribution in [0, 0.1) is 6.92 Å². The smallest absolute Gasteiger partial charge is 0.257 e. The highest BCUT2D eigenvalue weighted by Crippen LogP contribution is 2.31. The summed E-state index contributed by atoms with van der Waals surface area (Å²) in [6.07, 6.45) is -0.307. The lowest BCUT2D eigenvalue weighted by atomic mass is 10.0. The summed E-state index contributed by atoms with van der Waals surface area (Å²) in [7, 11) is 1.70. The summed E-state index contributed by atoms with van der Waals surface area (Å²) in [5, 5.41) is 0.387. The van der Waals surface area contributed by atoms with E-state index >= 15 is 0 Å². The van der Waals surface area contributed by atoms with Gasteiger partial charge in [0.25, 0.3) is 5.91 Å². The van der Waals surface area contributed by atoms with Gasteiger partial charge in [0, 0.05) is 18.2 Å². The molecule has 1 aliphatic heterocycles. The summed E-state index contributed by atoms with van der Waals surface area (Å²) in [4.78, 5) is 28.0. The van der Waals surface area contributed by atoms with Crippen molar-refractivity contribution in [2.75, 3.05) is 20.2 Å². The average molecular weight is 441 g/mol. The molecule has 6 nitrogen and oxygen atoms in total. The monoisotopic (exact) mass is 441 g/mol. The number of para-hydroxylation sites is 3. The summed E-state index contributed by atoms with van der Waals surface area (Å²) in [6, 6.07) is 22.0. The number of likely N-dealkylation sites (N-methyl/N-ethyl adjacent to an activating group) is 1. The van der Waals surface area contributed by atoms with Gasteiger partial charge in [-0.05, 0) is 31.2 Å². The zero-order chi connectivity index (χ0) is 22.9. The number of amides is 1. The molecule has 0 saturated heterocycles. The third-order valence-corrected chi connectivity index (χ3v) is 5.80. The van der Waals surface area contributed by atoms with Crippen LogP contribution >= 0.6 is 0 Å². The Balaban J connectivity index is 1.47. The third kappa shape index (κ3) is 3.84. The molecule has 166 valence electrons. The Morgan fingerprint density at radius 1 is 0.970 bits per heavy atom. The topological polar surface area (TPSA) is 69.0 Å². The quantitative estimate of drug-likeness (QED) is 0.460. The molecular weight excluding hydrogens is 418 g/mol. The van der Waals surface area contributed by atoms with Gasteiger partial charge in [0.15, 0.2) is 28.6 Å². The Bertz CT molecular complexity index is 1390. The second kappa shape index (κ2) is 8.47. The molecule has 5 rings (SSSR count). The van der Waals surface area contributed by atoms with Gasteiger partial charge < -0.3 is 18.8 Å². The van der Waals surface area contributed by atoms with E-state index in [9.17, 15) is 9.59 Å². The van der Waals surface area contributed by atoms with Crippen LogP contribution in [0.25, 0.3) is 22.3 Å². The van der Waals surface area contributed by atoms with E-state index in [0.717, 1.165) is 5.56 Å². The van der Waals surface area contributed by atoms with Gasteiger partial charge in [-0.1, -0.05) is 48.5 Å². The first-order chi connectivity index (χ1) is 16.0. The number of carbonyl (C=O) groups excluding carboxylic acids is 1. The van der Waals surface area contributed by atoms with Gasteiger partial charge in [-0.25, -0.2) is 0 Å². The Morgan fingerprint density at radius 3 is 2.48 bits per heavy atom. The maximum Gasteiger partial charge on any atom is 0.257 e. The second-order valence-corrected chi connectivity index (χ2v) is 8.12. The summed E-state index contributed by atoms with van der Waals surface area (Å²) >= 11 is 0. The molecule has 0 N–H and O–H groups in total. The van der Waals surface area contributed by atoms with Crippen molar-refractivity contribution in [3.05, 3.63) is 94.1 Å². The van der Waals surface area contributed by atoms with Crippen molar-refractivity contribution in [1.82, 2.24) is 4.90 Å². The first kappa shape index (κ1) is 20.8. The van der Waals surface area contributed by atoms with Crippen LogP contribution in [0.4, 0.5) is 0 Å². The molecule has 1 aliphatic rings. The highest BCUT2D eigenvalue weighted by molar-refractivity contribution is 6.05. The zero-order valence-electron chi connectivity index (χ0n) is 18.4. The number of nitrogens with zero attached hydrogens (tertiary/aromatic N) is 1. The maximum absolute atomic E-state index is 13.4. The molecule has 0 aliphatic carbocycles. The minimum atomic E-state index is -0.307. The molecule has 6 heteroatoms. The summed E-state index contributed by atoms with van der Waals surface area (Å²) in [5.74, 6) is 1.57. The second-order valence-electron chi connectivity index (χ2n) is 8.12. The lowest BCUT2D eigenvalue weighted by Gasteiger charge is -2.29. The average Bonchev–Trinajstić information content (AvgIpc) is 2.86. The van der Waals surface area contributed by atoms with Crippen LogP contribution in [0.3, 0.4) is 0 Å². The van der Waals surface area contributed by atoms with Crippen LogP contribution in [0.15, 0.2) is 82.0 Å². The van der Waals surface area contributed by atoms with Gasteiger partial charge in [0.1, 0.15) is 12.4 Å². The molecule has 0 bridgehead atoms. The zero-order valence-corrected chi connectivity index (χ0v) is 18.4. The molecule has 0 spiro atoms. The van der Waals surface area contributed by atoms with Crippen molar-refractivity contribution < 1.29 is 18.7 Å². The number of fused-ring (bicyclic) bond motifs is 2. The molecule has 0 saturated carbocycles. The van der Waals surface area contributed by atoms with Crippen LogP contribution in [0.2, 0.25) is 0 Å². The van der Waals surface area contributed by atoms with E-state index in [1.54, 1.807) is 37.1 Å². The fourth-order valence-electron chi connectivity index (χ4n) is 4.09. The molecule has 0 radical (unpaired) electrons. The third-order valence-electron chi connectivity index (χ3n) is 5.80. The maximum atomic E-state index is 13.4. The first-order valence-corrected chi connectivity index (χ1v) is 10.8. The Morgan fingerprint density at radius 2 is 1.70 bits per heavy atom. The van der Waals surface area contributed by atoms with Crippen LogP contribution in [0.1, 0.15) is 15.9 Å². The lowest BCUT2D eigenvalue weighted by molar-refractivity contribution is 0.0521. The van der Waals surface area contributed by atoms with Crippen molar-refractivity contribution in [2.24, 2.45) is 0 Å². The highest BCUT2D eigenvalue weighted by Gasteiger charge is 2.26. The minimum absolute atomic E-state index is 0.145. The molecule has 1 atom stereocenters. The number of benzene rings is 3. The van der Waals surface area contributed by atoms with E-state index in [2.05, 4.69) is 0 Å². The van der Waals surface area contributed by atoms with E-state index in [1.807, 2.05) is 54.6 Å².